The molecule has 3 aliphatic heterocycles. The topological polar surface area (TPSA) is 99.3 Å². The highest BCUT2D eigenvalue weighted by Crippen LogP contribution is 2.18. The van der Waals surface area contributed by atoms with Crippen LogP contribution in [-0.4, -0.2) is 99.5 Å². The number of piperazine rings is 1. The number of hydrogen-bond acceptors (Lipinski definition) is 6. The third-order valence-corrected chi connectivity index (χ3v) is 8.48. The Hall–Kier alpha value is -2.01. The normalized spacial score (nSPS) is 24.4. The minimum Gasteiger partial charge on any atom is -0.377 e. The van der Waals surface area contributed by atoms with Crippen LogP contribution in [0.4, 0.5) is 0 Å². The molecule has 3 aliphatic rings. The van der Waals surface area contributed by atoms with Gasteiger partial charge in [-0.1, -0.05) is 6.07 Å². The Labute approximate surface area is 202 Å². The second-order valence-corrected chi connectivity index (χ2v) is 11.3. The van der Waals surface area contributed by atoms with E-state index in [1.54, 1.807) is 17.0 Å². The summed E-state index contributed by atoms with van der Waals surface area (Å²) in [7, 11) is -3.72. The molecule has 0 bridgehead atoms. The third-order valence-electron chi connectivity index (χ3n) is 7.06. The van der Waals surface area contributed by atoms with Gasteiger partial charge >= 0.3 is 0 Å². The molecule has 0 radical (unpaired) electrons. The van der Waals surface area contributed by atoms with E-state index in [0.717, 1.165) is 32.2 Å². The molecule has 2 atom stereocenters. The van der Waals surface area contributed by atoms with Crippen LogP contribution in [0.15, 0.2) is 29.2 Å². The predicted molar refractivity (Wildman–Crippen MR) is 128 cm³/mol. The first-order valence-electron chi connectivity index (χ1n) is 12.4. The molecule has 10 heteroatoms. The van der Waals surface area contributed by atoms with Gasteiger partial charge < -0.3 is 14.5 Å². The zero-order chi connectivity index (χ0) is 24.1. The van der Waals surface area contributed by atoms with Crippen LogP contribution in [0.3, 0.4) is 0 Å². The van der Waals surface area contributed by atoms with Gasteiger partial charge in [0.25, 0.3) is 5.91 Å². The maximum Gasteiger partial charge on any atom is 0.253 e. The van der Waals surface area contributed by atoms with Crippen LogP contribution in [-0.2, 0) is 19.6 Å². The Kier molecular flexibility index (Phi) is 8.23. The van der Waals surface area contributed by atoms with Crippen LogP contribution in [0.5, 0.6) is 0 Å². The molecule has 0 spiro atoms. The van der Waals surface area contributed by atoms with Crippen LogP contribution in [0.1, 0.15) is 49.4 Å². The average Bonchev–Trinajstić information content (AvgIpc) is 3.37. The number of rotatable bonds is 7. The molecule has 3 saturated heterocycles. The highest BCUT2D eigenvalue weighted by atomic mass is 32.2. The first kappa shape index (κ1) is 25.1. The number of piperidine rings is 1. The Balaban J connectivity index is 1.30. The molecule has 4 rings (SSSR count). The summed E-state index contributed by atoms with van der Waals surface area (Å²) in [6, 6.07) is 6.48. The zero-order valence-corrected chi connectivity index (χ0v) is 20.8. The van der Waals surface area contributed by atoms with Gasteiger partial charge in [-0.3, -0.25) is 14.5 Å². The molecule has 1 N–H and O–H groups in total. The van der Waals surface area contributed by atoms with Gasteiger partial charge in [-0.25, -0.2) is 13.1 Å². The fourth-order valence-corrected chi connectivity index (χ4v) is 6.04. The lowest BCUT2D eigenvalue weighted by atomic mass is 10.0. The zero-order valence-electron chi connectivity index (χ0n) is 19.9. The summed E-state index contributed by atoms with van der Waals surface area (Å²) in [4.78, 5) is 31.7. The largest absolute Gasteiger partial charge is 0.377 e. The first-order chi connectivity index (χ1) is 16.3. The van der Waals surface area contributed by atoms with Crippen LogP contribution < -0.4 is 4.72 Å². The van der Waals surface area contributed by atoms with E-state index in [2.05, 4.69) is 16.5 Å². The molecular weight excluding hydrogens is 456 g/mol. The van der Waals surface area contributed by atoms with Gasteiger partial charge in [0.15, 0.2) is 0 Å². The number of ether oxygens (including phenoxy) is 1. The molecule has 0 aromatic heterocycles. The van der Waals surface area contributed by atoms with E-state index in [-0.39, 0.29) is 29.4 Å². The molecule has 0 aliphatic carbocycles. The van der Waals surface area contributed by atoms with Crippen LogP contribution in [0.25, 0.3) is 0 Å². The van der Waals surface area contributed by atoms with Crippen LogP contribution in [0, 0.1) is 0 Å². The van der Waals surface area contributed by atoms with Crippen molar-refractivity contribution in [3.8, 4) is 0 Å². The highest BCUT2D eigenvalue weighted by molar-refractivity contribution is 7.89. The van der Waals surface area contributed by atoms with Crippen molar-refractivity contribution in [2.24, 2.45) is 0 Å². The number of nitrogens with zero attached hydrogens (tertiary/aromatic N) is 3. The van der Waals surface area contributed by atoms with Crippen molar-refractivity contribution in [2.45, 2.75) is 56.1 Å². The minimum atomic E-state index is -3.72. The quantitative estimate of drug-likeness (QED) is 0.616. The molecule has 2 unspecified atom stereocenters. The van der Waals surface area contributed by atoms with Crippen molar-refractivity contribution in [1.29, 1.82) is 0 Å². The number of carbonyl (C=O) groups is 2. The minimum absolute atomic E-state index is 0.0798. The predicted octanol–water partition coefficient (Wildman–Crippen LogP) is 1.30. The van der Waals surface area contributed by atoms with Gasteiger partial charge in [-0.2, -0.15) is 0 Å². The van der Waals surface area contributed by atoms with E-state index in [9.17, 15) is 18.0 Å². The summed E-state index contributed by atoms with van der Waals surface area (Å²) in [5.41, 5.74) is 0.353. The van der Waals surface area contributed by atoms with Gasteiger partial charge in [0, 0.05) is 57.5 Å². The maximum atomic E-state index is 13.1. The smallest absolute Gasteiger partial charge is 0.253 e. The molecule has 1 aromatic rings. The van der Waals surface area contributed by atoms with Gasteiger partial charge in [-0.15, -0.1) is 0 Å². The lowest BCUT2D eigenvalue weighted by molar-refractivity contribution is -0.136. The Bertz CT molecular complexity index is 971. The molecule has 1 aromatic carbocycles. The lowest BCUT2D eigenvalue weighted by Crippen LogP contribution is -2.53. The summed E-state index contributed by atoms with van der Waals surface area (Å²) in [5.74, 6) is -0.0211. The van der Waals surface area contributed by atoms with Gasteiger partial charge in [0.2, 0.25) is 15.9 Å². The van der Waals surface area contributed by atoms with Crippen molar-refractivity contribution >= 4 is 21.8 Å². The summed E-state index contributed by atoms with van der Waals surface area (Å²) in [6.07, 6.45) is 4.99. The second kappa shape index (κ2) is 11.2. The summed E-state index contributed by atoms with van der Waals surface area (Å²) < 4.78 is 33.5. The van der Waals surface area contributed by atoms with E-state index < -0.39 is 10.0 Å². The van der Waals surface area contributed by atoms with Crippen molar-refractivity contribution < 1.29 is 22.7 Å². The fourth-order valence-electron chi connectivity index (χ4n) is 4.93. The fraction of sp³-hybridized carbons (Fsp3) is 0.667. The molecule has 0 saturated carbocycles. The van der Waals surface area contributed by atoms with E-state index in [0.29, 0.717) is 50.9 Å². The Morgan fingerprint density at radius 3 is 2.56 bits per heavy atom. The lowest BCUT2D eigenvalue weighted by Gasteiger charge is -2.38. The van der Waals surface area contributed by atoms with Crippen molar-refractivity contribution in [3.05, 3.63) is 29.8 Å². The van der Waals surface area contributed by atoms with E-state index in [1.165, 1.54) is 18.6 Å². The maximum absolute atomic E-state index is 13.1. The Morgan fingerprint density at radius 2 is 1.85 bits per heavy atom. The molecule has 2 amide bonds. The first-order valence-corrected chi connectivity index (χ1v) is 13.8. The number of nitrogens with one attached hydrogen (secondary N) is 1. The Morgan fingerprint density at radius 1 is 1.06 bits per heavy atom. The highest BCUT2D eigenvalue weighted by Gasteiger charge is 2.28. The van der Waals surface area contributed by atoms with Crippen molar-refractivity contribution in [1.82, 2.24) is 19.4 Å². The van der Waals surface area contributed by atoms with Gasteiger partial charge in [0.1, 0.15) is 0 Å². The molecular formula is C24H36N4O5S. The van der Waals surface area contributed by atoms with E-state index in [1.807, 2.05) is 4.90 Å². The van der Waals surface area contributed by atoms with Crippen LogP contribution in [0.2, 0.25) is 0 Å². The number of benzene rings is 1. The number of carbonyl (C=O) groups excluding carboxylic acids is 2. The second-order valence-electron chi connectivity index (χ2n) is 9.52. The number of sulfonamides is 1. The number of amides is 2. The molecule has 3 fully saturated rings. The van der Waals surface area contributed by atoms with E-state index >= 15 is 0 Å². The molecule has 188 valence electrons. The van der Waals surface area contributed by atoms with Crippen molar-refractivity contribution in [2.75, 3.05) is 52.4 Å². The number of hydrogen-bond donors (Lipinski definition) is 1. The van der Waals surface area contributed by atoms with Gasteiger partial charge in [-0.05, 0) is 57.2 Å². The summed E-state index contributed by atoms with van der Waals surface area (Å²) in [6.45, 7) is 6.50. The molecule has 9 nitrogen and oxygen atoms in total. The SMILES string of the molecule is CC1CCCCN1C(=O)CN1CCN(C(=O)c2cccc(S(=O)(=O)NCC3CCCO3)c2)CC1. The standard InChI is InChI=1S/C24H36N4O5S/c1-19-6-2-3-10-28(19)23(29)18-26-11-13-27(14-12-26)24(30)20-7-4-9-22(16-20)34(31,32)25-17-21-8-5-15-33-21/h4,7,9,16,19,21,25H,2-3,5-6,8,10-15,17-18H2,1H3. The molecule has 3 heterocycles. The number of likely N-dealkylation sites (tertiary alicyclic amines) is 1. The molecule has 34 heavy (non-hydrogen) atoms. The van der Waals surface area contributed by atoms with Crippen molar-refractivity contribution in [3.63, 3.8) is 0 Å². The third kappa shape index (κ3) is 6.16. The average molecular weight is 493 g/mol. The monoisotopic (exact) mass is 492 g/mol. The van der Waals surface area contributed by atoms with Gasteiger partial charge in [0.05, 0.1) is 17.5 Å². The summed E-state index contributed by atoms with van der Waals surface area (Å²) in [5, 5.41) is 0. The summed E-state index contributed by atoms with van der Waals surface area (Å²) >= 11 is 0. The van der Waals surface area contributed by atoms with Crippen LogP contribution >= 0.6 is 0 Å². The van der Waals surface area contributed by atoms with E-state index in [4.69, 9.17) is 4.74 Å².